The van der Waals surface area contributed by atoms with E-state index in [-0.39, 0.29) is 5.91 Å². The van der Waals surface area contributed by atoms with Gasteiger partial charge in [0, 0.05) is 13.0 Å². The van der Waals surface area contributed by atoms with Crippen LogP contribution < -0.4 is 11.1 Å². The number of amides is 1. The molecule has 0 unspecified atom stereocenters. The molecule has 0 spiro atoms. The fraction of sp³-hybridized carbons (Fsp3) is 0.800. The highest BCUT2D eigenvalue weighted by Crippen LogP contribution is 1.99. The Morgan fingerprint density at radius 1 is 1.60 bits per heavy atom. The highest BCUT2D eigenvalue weighted by Gasteiger charge is 2.11. The summed E-state index contributed by atoms with van der Waals surface area (Å²) >= 11 is 1.69. The average Bonchev–Trinajstić information content (AvgIpc) is 2.25. The van der Waals surface area contributed by atoms with E-state index >= 15 is 0 Å². The SMILES string of the molecule is CSCC[C@@H](N)C(=O)NCCCCC#N. The van der Waals surface area contributed by atoms with Gasteiger partial charge in [-0.05, 0) is 31.3 Å². The van der Waals surface area contributed by atoms with Crippen molar-refractivity contribution in [2.75, 3.05) is 18.6 Å². The monoisotopic (exact) mass is 229 g/mol. The molecule has 0 heterocycles. The maximum atomic E-state index is 11.4. The maximum Gasteiger partial charge on any atom is 0.236 e. The van der Waals surface area contributed by atoms with Gasteiger partial charge in [0.15, 0.2) is 0 Å². The molecule has 0 saturated heterocycles. The normalized spacial score (nSPS) is 11.8. The van der Waals surface area contributed by atoms with Crippen LogP contribution in [0.25, 0.3) is 0 Å². The summed E-state index contributed by atoms with van der Waals surface area (Å²) < 4.78 is 0. The molecule has 0 bridgehead atoms. The Labute approximate surface area is 95.6 Å². The number of nitrogens with zero attached hydrogens (tertiary/aromatic N) is 1. The number of nitriles is 1. The van der Waals surface area contributed by atoms with E-state index < -0.39 is 6.04 Å². The lowest BCUT2D eigenvalue weighted by Crippen LogP contribution is -2.41. The number of unbranched alkanes of at least 4 members (excludes halogenated alkanes) is 2. The quantitative estimate of drug-likeness (QED) is 0.605. The maximum absolute atomic E-state index is 11.4. The Morgan fingerprint density at radius 3 is 2.93 bits per heavy atom. The molecule has 1 atom stereocenters. The molecule has 0 aromatic carbocycles. The van der Waals surface area contributed by atoms with Crippen molar-refractivity contribution in [3.63, 3.8) is 0 Å². The van der Waals surface area contributed by atoms with Crippen molar-refractivity contribution in [2.24, 2.45) is 5.73 Å². The molecule has 4 nitrogen and oxygen atoms in total. The van der Waals surface area contributed by atoms with Crippen molar-refractivity contribution in [1.82, 2.24) is 5.32 Å². The van der Waals surface area contributed by atoms with Gasteiger partial charge in [-0.3, -0.25) is 4.79 Å². The van der Waals surface area contributed by atoms with Crippen molar-refractivity contribution in [3.05, 3.63) is 0 Å². The molecule has 0 aliphatic carbocycles. The van der Waals surface area contributed by atoms with Gasteiger partial charge in [0.05, 0.1) is 12.1 Å². The Balaban J connectivity index is 3.43. The van der Waals surface area contributed by atoms with Crippen LogP contribution in [0.2, 0.25) is 0 Å². The molecule has 3 N–H and O–H groups in total. The predicted octanol–water partition coefficient (Wildman–Crippen LogP) is 0.877. The van der Waals surface area contributed by atoms with Crippen LogP contribution >= 0.6 is 11.8 Å². The molecular weight excluding hydrogens is 210 g/mol. The molecule has 1 amide bonds. The molecule has 0 aliphatic heterocycles. The van der Waals surface area contributed by atoms with E-state index in [1.54, 1.807) is 11.8 Å². The van der Waals surface area contributed by atoms with E-state index in [1.807, 2.05) is 6.26 Å². The van der Waals surface area contributed by atoms with Gasteiger partial charge in [0.25, 0.3) is 0 Å². The fourth-order valence-electron chi connectivity index (χ4n) is 1.05. The molecule has 0 aliphatic rings. The molecule has 0 rings (SSSR count). The van der Waals surface area contributed by atoms with E-state index in [9.17, 15) is 4.79 Å². The van der Waals surface area contributed by atoms with E-state index in [1.165, 1.54) is 0 Å². The first-order chi connectivity index (χ1) is 7.22. The van der Waals surface area contributed by atoms with Crippen LogP contribution in [-0.2, 0) is 4.79 Å². The molecule has 5 heteroatoms. The second-order valence-corrected chi connectivity index (χ2v) is 4.28. The van der Waals surface area contributed by atoms with Crippen LogP contribution in [0.1, 0.15) is 25.7 Å². The van der Waals surface area contributed by atoms with Gasteiger partial charge in [-0.2, -0.15) is 17.0 Å². The van der Waals surface area contributed by atoms with E-state index in [0.29, 0.717) is 19.4 Å². The van der Waals surface area contributed by atoms with Crippen molar-refractivity contribution in [3.8, 4) is 6.07 Å². The molecule has 0 saturated carbocycles. The number of nitrogens with two attached hydrogens (primary N) is 1. The molecule has 0 aromatic rings. The molecular formula is C10H19N3OS. The first kappa shape index (κ1) is 14.3. The molecule has 15 heavy (non-hydrogen) atoms. The number of carbonyl (C=O) groups is 1. The van der Waals surface area contributed by atoms with Crippen molar-refractivity contribution in [1.29, 1.82) is 5.26 Å². The Bertz CT molecular complexity index is 215. The van der Waals surface area contributed by atoms with Crippen LogP contribution in [0.3, 0.4) is 0 Å². The van der Waals surface area contributed by atoms with E-state index in [2.05, 4.69) is 11.4 Å². The molecule has 86 valence electrons. The van der Waals surface area contributed by atoms with Gasteiger partial charge >= 0.3 is 0 Å². The van der Waals surface area contributed by atoms with Gasteiger partial charge in [0.2, 0.25) is 5.91 Å². The zero-order chi connectivity index (χ0) is 11.5. The average molecular weight is 229 g/mol. The summed E-state index contributed by atoms with van der Waals surface area (Å²) in [6.45, 7) is 0.619. The number of hydrogen-bond acceptors (Lipinski definition) is 4. The third-order valence-electron chi connectivity index (χ3n) is 1.98. The third kappa shape index (κ3) is 8.28. The van der Waals surface area contributed by atoms with Crippen LogP contribution in [0.15, 0.2) is 0 Å². The molecule has 0 aromatic heterocycles. The second kappa shape index (κ2) is 9.81. The largest absolute Gasteiger partial charge is 0.355 e. The molecule has 0 radical (unpaired) electrons. The first-order valence-corrected chi connectivity index (χ1v) is 6.51. The summed E-state index contributed by atoms with van der Waals surface area (Å²) in [6, 6.07) is 1.67. The summed E-state index contributed by atoms with van der Waals surface area (Å²) in [6.07, 6.45) is 4.93. The number of rotatable bonds is 8. The highest BCUT2D eigenvalue weighted by molar-refractivity contribution is 7.98. The summed E-state index contributed by atoms with van der Waals surface area (Å²) in [7, 11) is 0. The zero-order valence-corrected chi connectivity index (χ0v) is 9.98. The van der Waals surface area contributed by atoms with E-state index in [4.69, 9.17) is 11.0 Å². The third-order valence-corrected chi connectivity index (χ3v) is 2.63. The van der Waals surface area contributed by atoms with Crippen LogP contribution in [-0.4, -0.2) is 30.5 Å². The summed E-state index contributed by atoms with van der Waals surface area (Å²) in [5.41, 5.74) is 5.67. The number of hydrogen-bond donors (Lipinski definition) is 2. The van der Waals surface area contributed by atoms with Crippen molar-refractivity contribution in [2.45, 2.75) is 31.7 Å². The zero-order valence-electron chi connectivity index (χ0n) is 9.16. The lowest BCUT2D eigenvalue weighted by atomic mass is 10.2. The van der Waals surface area contributed by atoms with Gasteiger partial charge < -0.3 is 11.1 Å². The Hall–Kier alpha value is -0.730. The summed E-state index contributed by atoms with van der Waals surface area (Å²) in [5.74, 6) is 0.823. The Kier molecular flexibility index (Phi) is 9.33. The van der Waals surface area contributed by atoms with Crippen LogP contribution in [0, 0.1) is 11.3 Å². The van der Waals surface area contributed by atoms with Gasteiger partial charge in [-0.25, -0.2) is 0 Å². The lowest BCUT2D eigenvalue weighted by molar-refractivity contribution is -0.122. The topological polar surface area (TPSA) is 78.9 Å². The standard InChI is InChI=1S/C10H19N3OS/c1-15-8-5-9(12)10(14)13-7-4-2-3-6-11/h9H,2-5,7-8,12H2,1H3,(H,13,14)/t9-/m1/s1. The number of carbonyl (C=O) groups excluding carboxylic acids is 1. The van der Waals surface area contributed by atoms with Gasteiger partial charge in [-0.1, -0.05) is 0 Å². The summed E-state index contributed by atoms with van der Waals surface area (Å²) in [5, 5.41) is 11.1. The minimum atomic E-state index is -0.395. The van der Waals surface area contributed by atoms with Crippen molar-refractivity contribution < 1.29 is 4.79 Å². The molecule has 0 fully saturated rings. The van der Waals surface area contributed by atoms with Crippen molar-refractivity contribution >= 4 is 17.7 Å². The van der Waals surface area contributed by atoms with Crippen LogP contribution in [0.5, 0.6) is 0 Å². The predicted molar refractivity (Wildman–Crippen MR) is 63.4 cm³/mol. The minimum absolute atomic E-state index is 0.0824. The smallest absolute Gasteiger partial charge is 0.236 e. The highest BCUT2D eigenvalue weighted by atomic mass is 32.2. The Morgan fingerprint density at radius 2 is 2.33 bits per heavy atom. The van der Waals surface area contributed by atoms with Gasteiger partial charge in [0.1, 0.15) is 0 Å². The second-order valence-electron chi connectivity index (χ2n) is 3.29. The van der Waals surface area contributed by atoms with E-state index in [0.717, 1.165) is 18.6 Å². The first-order valence-electron chi connectivity index (χ1n) is 5.11. The minimum Gasteiger partial charge on any atom is -0.355 e. The summed E-state index contributed by atoms with van der Waals surface area (Å²) in [4.78, 5) is 11.4. The van der Waals surface area contributed by atoms with Crippen LogP contribution in [0.4, 0.5) is 0 Å². The number of thioether (sulfide) groups is 1. The number of nitrogens with one attached hydrogen (secondary N) is 1. The lowest BCUT2D eigenvalue weighted by Gasteiger charge is -2.10. The van der Waals surface area contributed by atoms with Gasteiger partial charge in [-0.15, -0.1) is 0 Å². The fourth-order valence-corrected chi connectivity index (χ4v) is 1.54.